The maximum Gasteiger partial charge on any atom is 0.273 e. The molecule has 1 aliphatic rings. The maximum absolute atomic E-state index is 12.7. The molecule has 3 aromatic rings. The first kappa shape index (κ1) is 14.9. The van der Waals surface area contributed by atoms with Gasteiger partial charge in [0.25, 0.3) is 11.5 Å². The van der Waals surface area contributed by atoms with Gasteiger partial charge in [-0.2, -0.15) is 5.10 Å². The lowest BCUT2D eigenvalue weighted by Gasteiger charge is -2.23. The van der Waals surface area contributed by atoms with Gasteiger partial charge < -0.3 is 4.90 Å². The van der Waals surface area contributed by atoms with Crippen LogP contribution >= 0.6 is 11.6 Å². The van der Waals surface area contributed by atoms with E-state index in [4.69, 9.17) is 11.6 Å². The minimum atomic E-state index is -0.199. The average molecular weight is 347 g/mol. The van der Waals surface area contributed by atoms with E-state index >= 15 is 0 Å². The van der Waals surface area contributed by atoms with Crippen LogP contribution in [0.3, 0.4) is 0 Å². The molecule has 0 spiro atoms. The van der Waals surface area contributed by atoms with Crippen molar-refractivity contribution in [3.05, 3.63) is 50.8 Å². The molecule has 1 atom stereocenters. The molecule has 9 heteroatoms. The fourth-order valence-electron chi connectivity index (χ4n) is 3.20. The van der Waals surface area contributed by atoms with Crippen LogP contribution in [0.5, 0.6) is 0 Å². The molecule has 1 amide bonds. The lowest BCUT2D eigenvalue weighted by atomic mass is 10.1. The Kier molecular flexibility index (Phi) is 3.42. The summed E-state index contributed by atoms with van der Waals surface area (Å²) in [6.07, 6.45) is 3.09. The Hall–Kier alpha value is -2.61. The molecule has 1 fully saturated rings. The van der Waals surface area contributed by atoms with Crippen molar-refractivity contribution in [1.29, 1.82) is 0 Å². The molecule has 0 aliphatic carbocycles. The Labute approximate surface area is 141 Å². The number of nitrogens with zero attached hydrogens (tertiary/aromatic N) is 4. The number of H-pyrrole nitrogens is 2. The molecule has 3 aromatic heterocycles. The van der Waals surface area contributed by atoms with Gasteiger partial charge in [-0.1, -0.05) is 11.6 Å². The van der Waals surface area contributed by atoms with Crippen LogP contribution in [0, 0.1) is 6.92 Å². The standard InChI is InChI=1S/C15H15ClN6O2/c1-8-5-13(23)22-12(18-8)6-10(20-22)11-3-2-4-21(11)15(24)14-9(16)7-17-19-14/h5-7,11,20H,2-4H2,1H3,(H,17,19)/t11-/m0/s1. The van der Waals surface area contributed by atoms with E-state index in [9.17, 15) is 9.59 Å². The van der Waals surface area contributed by atoms with E-state index in [1.165, 1.54) is 16.8 Å². The van der Waals surface area contributed by atoms with Crippen LogP contribution in [0.4, 0.5) is 0 Å². The zero-order chi connectivity index (χ0) is 16.8. The van der Waals surface area contributed by atoms with Crippen LogP contribution in [0.2, 0.25) is 5.02 Å². The first-order chi connectivity index (χ1) is 11.5. The van der Waals surface area contributed by atoms with E-state index < -0.39 is 0 Å². The fraction of sp³-hybridized carbons (Fsp3) is 0.333. The highest BCUT2D eigenvalue weighted by atomic mass is 35.5. The van der Waals surface area contributed by atoms with Crippen LogP contribution in [-0.4, -0.2) is 42.1 Å². The van der Waals surface area contributed by atoms with Gasteiger partial charge in [0.15, 0.2) is 5.65 Å². The number of carbonyl (C=O) groups is 1. The first-order valence-electron chi connectivity index (χ1n) is 7.64. The quantitative estimate of drug-likeness (QED) is 0.737. The predicted molar refractivity (Wildman–Crippen MR) is 87.2 cm³/mol. The second kappa shape index (κ2) is 5.48. The van der Waals surface area contributed by atoms with Crippen molar-refractivity contribution < 1.29 is 4.79 Å². The number of rotatable bonds is 2. The predicted octanol–water partition coefficient (Wildman–Crippen LogP) is 1.68. The van der Waals surface area contributed by atoms with Gasteiger partial charge in [0.2, 0.25) is 0 Å². The van der Waals surface area contributed by atoms with E-state index in [2.05, 4.69) is 20.3 Å². The summed E-state index contributed by atoms with van der Waals surface area (Å²) in [5, 5.41) is 9.82. The fourth-order valence-corrected chi connectivity index (χ4v) is 3.37. The highest BCUT2D eigenvalue weighted by molar-refractivity contribution is 6.33. The molecule has 2 N–H and O–H groups in total. The SMILES string of the molecule is Cc1cc(=O)n2[nH]c([C@@H]3CCCN3C(=O)c3[nH]ncc3Cl)cc2n1. The van der Waals surface area contributed by atoms with Crippen molar-refractivity contribution in [3.63, 3.8) is 0 Å². The summed E-state index contributed by atoms with van der Waals surface area (Å²) in [5.74, 6) is -0.199. The second-order valence-electron chi connectivity index (χ2n) is 5.89. The van der Waals surface area contributed by atoms with Crippen LogP contribution in [0.1, 0.15) is 40.8 Å². The molecule has 124 valence electrons. The van der Waals surface area contributed by atoms with E-state index in [0.29, 0.717) is 22.9 Å². The van der Waals surface area contributed by atoms with E-state index in [0.717, 1.165) is 18.5 Å². The molecule has 4 rings (SSSR count). The smallest absolute Gasteiger partial charge is 0.273 e. The molecule has 24 heavy (non-hydrogen) atoms. The van der Waals surface area contributed by atoms with Gasteiger partial charge in [0.1, 0.15) is 5.69 Å². The van der Waals surface area contributed by atoms with Gasteiger partial charge in [-0.3, -0.25) is 19.8 Å². The number of aromatic nitrogens is 5. The largest absolute Gasteiger partial charge is 0.329 e. The number of halogens is 1. The molecule has 0 radical (unpaired) electrons. The van der Waals surface area contributed by atoms with Crippen LogP contribution in [0.15, 0.2) is 23.1 Å². The van der Waals surface area contributed by atoms with Gasteiger partial charge in [-0.05, 0) is 19.8 Å². The molecule has 0 aromatic carbocycles. The summed E-state index contributed by atoms with van der Waals surface area (Å²) in [5.41, 5.74) is 2.11. The Bertz CT molecular complexity index is 987. The maximum atomic E-state index is 12.7. The van der Waals surface area contributed by atoms with Gasteiger partial charge >= 0.3 is 0 Å². The molecule has 0 saturated carbocycles. The molecular formula is C15H15ClN6O2. The highest BCUT2D eigenvalue weighted by Gasteiger charge is 2.33. The Balaban J connectivity index is 1.73. The van der Waals surface area contributed by atoms with E-state index in [1.54, 1.807) is 11.8 Å². The highest BCUT2D eigenvalue weighted by Crippen LogP contribution is 2.33. The molecule has 8 nitrogen and oxygen atoms in total. The molecular weight excluding hydrogens is 332 g/mol. The third kappa shape index (κ3) is 2.30. The van der Waals surface area contributed by atoms with Gasteiger partial charge in [0, 0.05) is 24.4 Å². The second-order valence-corrected chi connectivity index (χ2v) is 6.30. The van der Waals surface area contributed by atoms with Crippen molar-refractivity contribution in [2.75, 3.05) is 6.54 Å². The van der Waals surface area contributed by atoms with Gasteiger partial charge in [0.05, 0.1) is 23.0 Å². The summed E-state index contributed by atoms with van der Waals surface area (Å²) in [6.45, 7) is 2.40. The normalized spacial score (nSPS) is 17.8. The summed E-state index contributed by atoms with van der Waals surface area (Å²) in [6, 6.07) is 3.13. The number of hydrogen-bond donors (Lipinski definition) is 2. The lowest BCUT2D eigenvalue weighted by molar-refractivity contribution is 0.0727. The van der Waals surface area contributed by atoms with E-state index in [1.807, 2.05) is 6.07 Å². The average Bonchev–Trinajstić information content (AvgIpc) is 3.23. The number of aromatic amines is 2. The van der Waals surface area contributed by atoms with Crippen molar-refractivity contribution in [3.8, 4) is 0 Å². The summed E-state index contributed by atoms with van der Waals surface area (Å²) in [4.78, 5) is 30.9. The first-order valence-corrected chi connectivity index (χ1v) is 8.01. The molecule has 1 saturated heterocycles. The molecule has 0 bridgehead atoms. The Morgan fingerprint density at radius 2 is 2.25 bits per heavy atom. The van der Waals surface area contributed by atoms with Crippen LogP contribution in [0.25, 0.3) is 5.65 Å². The molecule has 4 heterocycles. The molecule has 1 aliphatic heterocycles. The Morgan fingerprint density at radius 1 is 1.42 bits per heavy atom. The lowest BCUT2D eigenvalue weighted by Crippen LogP contribution is -2.31. The minimum absolute atomic E-state index is 0.154. The van der Waals surface area contributed by atoms with Crippen LogP contribution in [-0.2, 0) is 0 Å². The van der Waals surface area contributed by atoms with Gasteiger partial charge in [-0.25, -0.2) is 9.50 Å². The van der Waals surface area contributed by atoms with Gasteiger partial charge in [-0.15, -0.1) is 0 Å². The third-order valence-corrected chi connectivity index (χ3v) is 4.56. The van der Waals surface area contributed by atoms with Crippen LogP contribution < -0.4 is 5.56 Å². The molecule has 0 unspecified atom stereocenters. The number of aryl methyl sites for hydroxylation is 1. The number of hydrogen-bond acceptors (Lipinski definition) is 4. The zero-order valence-electron chi connectivity index (χ0n) is 12.9. The topological polar surface area (TPSA) is 99.2 Å². The monoisotopic (exact) mass is 346 g/mol. The number of carbonyl (C=O) groups excluding carboxylic acids is 1. The van der Waals surface area contributed by atoms with Crippen molar-refractivity contribution in [2.45, 2.75) is 25.8 Å². The van der Waals surface area contributed by atoms with Crippen molar-refractivity contribution in [1.82, 2.24) is 29.7 Å². The van der Waals surface area contributed by atoms with Crippen molar-refractivity contribution in [2.24, 2.45) is 0 Å². The summed E-state index contributed by atoms with van der Waals surface area (Å²) < 4.78 is 1.40. The van der Waals surface area contributed by atoms with E-state index in [-0.39, 0.29) is 23.2 Å². The zero-order valence-corrected chi connectivity index (χ0v) is 13.7. The number of amides is 1. The Morgan fingerprint density at radius 3 is 3.00 bits per heavy atom. The third-order valence-electron chi connectivity index (χ3n) is 4.28. The number of fused-ring (bicyclic) bond motifs is 1. The number of likely N-dealkylation sites (tertiary alicyclic amines) is 1. The minimum Gasteiger partial charge on any atom is -0.329 e. The summed E-state index contributed by atoms with van der Waals surface area (Å²) >= 11 is 6.00. The van der Waals surface area contributed by atoms with Crippen molar-refractivity contribution >= 4 is 23.2 Å². The number of nitrogens with one attached hydrogen (secondary N) is 2. The summed E-state index contributed by atoms with van der Waals surface area (Å²) in [7, 11) is 0.